The SMILES string of the molecule is C[N+]1=C(/C=C/C=C2/C(CCCCCCC(=O)C(C)(C)C)c3ccccc3C2(C)C)C(C)(C)c2ccccc21. The van der Waals surface area contributed by atoms with Crippen LogP contribution in [0.15, 0.2) is 72.3 Å². The summed E-state index contributed by atoms with van der Waals surface area (Å²) in [6, 6.07) is 17.8. The van der Waals surface area contributed by atoms with Gasteiger partial charge in [-0.2, -0.15) is 4.58 Å². The van der Waals surface area contributed by atoms with E-state index in [1.54, 1.807) is 0 Å². The average Bonchev–Trinajstić information content (AvgIpc) is 3.20. The highest BCUT2D eigenvalue weighted by molar-refractivity contribution is 6.03. The van der Waals surface area contributed by atoms with E-state index in [-0.39, 0.29) is 16.2 Å². The molecule has 0 bridgehead atoms. The van der Waals surface area contributed by atoms with Gasteiger partial charge in [-0.05, 0) is 37.8 Å². The van der Waals surface area contributed by atoms with Gasteiger partial charge in [0, 0.05) is 40.9 Å². The van der Waals surface area contributed by atoms with Gasteiger partial charge in [0.2, 0.25) is 5.69 Å². The lowest BCUT2D eigenvalue weighted by Crippen LogP contribution is -2.26. The lowest BCUT2D eigenvalue weighted by molar-refractivity contribution is -0.401. The number of para-hydroxylation sites is 1. The molecule has 0 N–H and O–H groups in total. The molecule has 2 aromatic rings. The van der Waals surface area contributed by atoms with E-state index in [9.17, 15) is 4.79 Å². The summed E-state index contributed by atoms with van der Waals surface area (Å²) in [5.74, 6) is 0.844. The van der Waals surface area contributed by atoms with Crippen molar-refractivity contribution in [2.24, 2.45) is 5.41 Å². The monoisotopic (exact) mass is 510 g/mol. The molecule has 1 aliphatic carbocycles. The van der Waals surface area contributed by atoms with E-state index in [0.29, 0.717) is 18.1 Å². The number of Topliss-reactive ketones (excluding diaryl/α,β-unsaturated/α-hetero) is 1. The minimum atomic E-state index is -0.212. The molecule has 1 atom stereocenters. The summed E-state index contributed by atoms with van der Waals surface area (Å²) in [5, 5.41) is 0. The second kappa shape index (κ2) is 10.8. The number of nitrogens with zero attached hydrogens (tertiary/aromatic N) is 1. The predicted octanol–water partition coefficient (Wildman–Crippen LogP) is 9.21. The summed E-state index contributed by atoms with van der Waals surface area (Å²) in [4.78, 5) is 12.3. The van der Waals surface area contributed by atoms with E-state index in [2.05, 4.69) is 106 Å². The largest absolute Gasteiger partial charge is 0.299 e. The summed E-state index contributed by atoms with van der Waals surface area (Å²) >= 11 is 0. The number of carbonyl (C=O) groups excluding carboxylic acids is 1. The van der Waals surface area contributed by atoms with Crippen LogP contribution >= 0.6 is 0 Å². The van der Waals surface area contributed by atoms with Crippen LogP contribution in [0.1, 0.15) is 110 Å². The van der Waals surface area contributed by atoms with Crippen molar-refractivity contribution < 1.29 is 9.37 Å². The van der Waals surface area contributed by atoms with Crippen LogP contribution in [-0.4, -0.2) is 23.1 Å². The van der Waals surface area contributed by atoms with E-state index in [4.69, 9.17) is 0 Å². The molecule has 1 unspecified atom stereocenters. The molecule has 38 heavy (non-hydrogen) atoms. The van der Waals surface area contributed by atoms with Gasteiger partial charge in [-0.1, -0.05) is 114 Å². The van der Waals surface area contributed by atoms with Crippen LogP contribution in [0, 0.1) is 5.41 Å². The van der Waals surface area contributed by atoms with E-state index >= 15 is 0 Å². The van der Waals surface area contributed by atoms with Crippen molar-refractivity contribution >= 4 is 17.2 Å². The molecule has 0 radical (unpaired) electrons. The molecule has 2 aromatic carbocycles. The number of ketones is 1. The van der Waals surface area contributed by atoms with Gasteiger partial charge >= 0.3 is 0 Å². The molecule has 0 fully saturated rings. The van der Waals surface area contributed by atoms with Gasteiger partial charge in [0.1, 0.15) is 12.8 Å². The maximum Gasteiger partial charge on any atom is 0.209 e. The maximum absolute atomic E-state index is 12.3. The fourth-order valence-electron chi connectivity index (χ4n) is 6.67. The van der Waals surface area contributed by atoms with Gasteiger partial charge in [0.05, 0.1) is 5.41 Å². The van der Waals surface area contributed by atoms with Crippen molar-refractivity contribution in [3.8, 4) is 0 Å². The van der Waals surface area contributed by atoms with E-state index < -0.39 is 0 Å². The van der Waals surface area contributed by atoms with Crippen molar-refractivity contribution in [3.05, 3.63) is 89.0 Å². The molecule has 1 heterocycles. The van der Waals surface area contributed by atoms with Gasteiger partial charge in [0.25, 0.3) is 0 Å². The highest BCUT2D eigenvalue weighted by Crippen LogP contribution is 2.52. The molecule has 2 aliphatic rings. The average molecular weight is 511 g/mol. The molecule has 4 rings (SSSR count). The predicted molar refractivity (Wildman–Crippen MR) is 162 cm³/mol. The third-order valence-electron chi connectivity index (χ3n) is 9.06. The van der Waals surface area contributed by atoms with Crippen LogP contribution in [0.4, 0.5) is 5.69 Å². The molecule has 202 valence electrons. The summed E-state index contributed by atoms with van der Waals surface area (Å²) in [6.07, 6.45) is 13.5. The number of hydrogen-bond acceptors (Lipinski definition) is 1. The Bertz CT molecular complexity index is 1280. The van der Waals surface area contributed by atoms with Crippen LogP contribution < -0.4 is 0 Å². The number of allylic oxidation sites excluding steroid dienone is 4. The summed E-state index contributed by atoms with van der Waals surface area (Å²) in [7, 11) is 2.19. The second-order valence-electron chi connectivity index (χ2n) is 13.5. The maximum atomic E-state index is 12.3. The summed E-state index contributed by atoms with van der Waals surface area (Å²) < 4.78 is 2.35. The fourth-order valence-corrected chi connectivity index (χ4v) is 6.67. The normalized spacial score (nSPS) is 20.8. The number of unbranched alkanes of at least 4 members (excludes halogenated alkanes) is 3. The van der Waals surface area contributed by atoms with Crippen LogP contribution in [0.2, 0.25) is 0 Å². The molecule has 0 spiro atoms. The summed E-state index contributed by atoms with van der Waals surface area (Å²) in [6.45, 7) is 15.5. The smallest absolute Gasteiger partial charge is 0.209 e. The molecular formula is C36H48NO+. The quantitative estimate of drug-likeness (QED) is 0.243. The van der Waals surface area contributed by atoms with Crippen molar-refractivity contribution in [3.63, 3.8) is 0 Å². The zero-order valence-electron chi connectivity index (χ0n) is 25.0. The number of fused-ring (bicyclic) bond motifs is 2. The molecule has 0 amide bonds. The van der Waals surface area contributed by atoms with Crippen molar-refractivity contribution in [1.29, 1.82) is 0 Å². The van der Waals surface area contributed by atoms with Gasteiger partial charge < -0.3 is 0 Å². The first-order chi connectivity index (χ1) is 17.9. The first-order valence-electron chi connectivity index (χ1n) is 14.6. The minimum Gasteiger partial charge on any atom is -0.299 e. The number of hydrogen-bond donors (Lipinski definition) is 0. The molecule has 0 saturated carbocycles. The number of benzene rings is 2. The Morgan fingerprint density at radius 3 is 2.18 bits per heavy atom. The molecular weight excluding hydrogens is 462 g/mol. The Labute approximate surface area is 231 Å². The lowest BCUT2D eigenvalue weighted by atomic mass is 9.79. The van der Waals surface area contributed by atoms with Crippen molar-refractivity contribution in [2.75, 3.05) is 7.05 Å². The number of carbonyl (C=O) groups is 1. The van der Waals surface area contributed by atoms with E-state index in [1.807, 2.05) is 20.8 Å². The molecule has 2 nitrogen and oxygen atoms in total. The van der Waals surface area contributed by atoms with E-state index in [1.165, 1.54) is 52.9 Å². The molecule has 0 aromatic heterocycles. The zero-order chi connectivity index (χ0) is 27.7. The van der Waals surface area contributed by atoms with Crippen LogP contribution in [-0.2, 0) is 15.6 Å². The van der Waals surface area contributed by atoms with Crippen molar-refractivity contribution in [1.82, 2.24) is 0 Å². The molecule has 0 saturated heterocycles. The van der Waals surface area contributed by atoms with Crippen molar-refractivity contribution in [2.45, 2.75) is 104 Å². The molecule has 1 aliphatic heterocycles. The molecule has 2 heteroatoms. The Morgan fingerprint density at radius 2 is 1.50 bits per heavy atom. The van der Waals surface area contributed by atoms with Crippen LogP contribution in [0.3, 0.4) is 0 Å². The lowest BCUT2D eigenvalue weighted by Gasteiger charge is -2.24. The van der Waals surface area contributed by atoms with Gasteiger partial charge in [-0.15, -0.1) is 0 Å². The van der Waals surface area contributed by atoms with Crippen LogP contribution in [0.25, 0.3) is 0 Å². The van der Waals surface area contributed by atoms with Gasteiger partial charge in [0.15, 0.2) is 5.71 Å². The Hall–Kier alpha value is -2.74. The first-order valence-corrected chi connectivity index (χ1v) is 14.6. The van der Waals surface area contributed by atoms with Gasteiger partial charge in [-0.25, -0.2) is 0 Å². The highest BCUT2D eigenvalue weighted by atomic mass is 16.1. The third-order valence-corrected chi connectivity index (χ3v) is 9.06. The van der Waals surface area contributed by atoms with E-state index in [0.717, 1.165) is 12.8 Å². The van der Waals surface area contributed by atoms with Gasteiger partial charge in [-0.3, -0.25) is 4.79 Å². The second-order valence-corrected chi connectivity index (χ2v) is 13.5. The first kappa shape index (κ1) is 28.3. The highest BCUT2D eigenvalue weighted by Gasteiger charge is 2.43. The minimum absolute atomic E-state index is 0.0116. The fraction of sp³-hybridized carbons (Fsp3) is 0.500. The standard InChI is InChI=1S/C36H48NO/c1-34(2,3)33(38)25-12-10-9-11-18-26-27-19-13-14-20-28(27)35(4,5)29(26)22-17-24-32-36(6,7)30-21-15-16-23-31(30)37(32)8/h13-17,19-24,26H,9-12,18,25H2,1-8H3/q+1/b24-17+,29-22-. The Balaban J connectivity index is 1.50. The Morgan fingerprint density at radius 1 is 0.868 bits per heavy atom. The topological polar surface area (TPSA) is 20.1 Å². The Kier molecular flexibility index (Phi) is 8.03. The zero-order valence-corrected chi connectivity index (χ0v) is 25.0. The number of rotatable bonds is 9. The third kappa shape index (κ3) is 5.37. The van der Waals surface area contributed by atoms with Crippen LogP contribution in [0.5, 0.6) is 0 Å². The summed E-state index contributed by atoms with van der Waals surface area (Å²) in [5.41, 5.74) is 8.33.